The first-order valence-electron chi connectivity index (χ1n) is 11.4. The summed E-state index contributed by atoms with van der Waals surface area (Å²) in [6.07, 6.45) is 2.69. The van der Waals surface area contributed by atoms with Gasteiger partial charge in [0.2, 0.25) is 10.0 Å². The quantitative estimate of drug-likeness (QED) is 0.508. The van der Waals surface area contributed by atoms with E-state index in [0.717, 1.165) is 19.3 Å². The van der Waals surface area contributed by atoms with Gasteiger partial charge in [-0.25, -0.2) is 13.2 Å². The maximum Gasteiger partial charge on any atom is 0.323 e. The van der Waals surface area contributed by atoms with E-state index in [0.29, 0.717) is 61.8 Å². The zero-order valence-electron chi connectivity index (χ0n) is 18.7. The van der Waals surface area contributed by atoms with Gasteiger partial charge in [0.05, 0.1) is 34.7 Å². The van der Waals surface area contributed by atoms with Crippen LogP contribution in [0.2, 0.25) is 0 Å². The van der Waals surface area contributed by atoms with Crippen LogP contribution in [0.25, 0.3) is 11.0 Å². The van der Waals surface area contributed by atoms with Gasteiger partial charge in [-0.2, -0.15) is 4.31 Å². The number of hydrogen-bond donors (Lipinski definition) is 3. The van der Waals surface area contributed by atoms with Gasteiger partial charge >= 0.3 is 5.69 Å². The minimum absolute atomic E-state index is 0.113. The topological polar surface area (TPSA) is 128 Å². The number of carbonyl (C=O) groups is 1. The maximum atomic E-state index is 13.4. The zero-order chi connectivity index (χ0) is 23.7. The number of nitrogens with one attached hydrogen (secondary N) is 3. The molecular formula is C23H27N5O5S. The van der Waals surface area contributed by atoms with Crippen molar-refractivity contribution in [2.45, 2.75) is 24.2 Å². The van der Waals surface area contributed by atoms with Crippen molar-refractivity contribution in [1.29, 1.82) is 0 Å². The highest BCUT2D eigenvalue weighted by atomic mass is 32.2. The Labute approximate surface area is 197 Å². The Bertz CT molecular complexity index is 1370. The molecule has 0 atom stereocenters. The van der Waals surface area contributed by atoms with Crippen molar-refractivity contribution in [3.8, 4) is 0 Å². The number of anilines is 2. The average molecular weight is 486 g/mol. The molecule has 2 aromatic carbocycles. The second-order valence-electron chi connectivity index (χ2n) is 8.54. The van der Waals surface area contributed by atoms with Crippen molar-refractivity contribution < 1.29 is 17.9 Å². The molecule has 11 heteroatoms. The molecule has 34 heavy (non-hydrogen) atoms. The van der Waals surface area contributed by atoms with E-state index in [4.69, 9.17) is 4.74 Å². The van der Waals surface area contributed by atoms with E-state index < -0.39 is 15.9 Å². The summed E-state index contributed by atoms with van der Waals surface area (Å²) in [7, 11) is -3.70. The first kappa shape index (κ1) is 22.6. The number of H-pyrrole nitrogens is 2. The van der Waals surface area contributed by atoms with Gasteiger partial charge in [0.25, 0.3) is 5.91 Å². The van der Waals surface area contributed by atoms with Crippen molar-refractivity contribution in [1.82, 2.24) is 14.3 Å². The molecule has 3 aromatic rings. The minimum Gasteiger partial charge on any atom is -0.378 e. The first-order chi connectivity index (χ1) is 16.4. The number of nitrogens with zero attached hydrogens (tertiary/aromatic N) is 2. The Morgan fingerprint density at radius 2 is 1.65 bits per heavy atom. The SMILES string of the molecule is O=C(Nc1ccc2[nH]c(=O)[nH]c2c1)c1cc(S(=O)(=O)N2CCCCC2)ccc1N1CCOCC1. The van der Waals surface area contributed by atoms with Gasteiger partial charge in [-0.05, 0) is 49.2 Å². The van der Waals surface area contributed by atoms with Crippen LogP contribution in [0.1, 0.15) is 29.6 Å². The van der Waals surface area contributed by atoms with E-state index in [2.05, 4.69) is 15.3 Å². The summed E-state index contributed by atoms with van der Waals surface area (Å²) in [5, 5.41) is 2.86. The highest BCUT2D eigenvalue weighted by Gasteiger charge is 2.28. The van der Waals surface area contributed by atoms with Gasteiger partial charge in [0.15, 0.2) is 0 Å². The Morgan fingerprint density at radius 1 is 0.912 bits per heavy atom. The Balaban J connectivity index is 1.50. The molecule has 0 aliphatic carbocycles. The number of benzene rings is 2. The highest BCUT2D eigenvalue weighted by Crippen LogP contribution is 2.29. The van der Waals surface area contributed by atoms with Crippen LogP contribution in [0.15, 0.2) is 46.1 Å². The predicted molar refractivity (Wildman–Crippen MR) is 129 cm³/mol. The third-order valence-electron chi connectivity index (χ3n) is 6.29. The number of piperidine rings is 1. The number of hydrogen-bond acceptors (Lipinski definition) is 6. The zero-order valence-corrected chi connectivity index (χ0v) is 19.5. The van der Waals surface area contributed by atoms with E-state index >= 15 is 0 Å². The highest BCUT2D eigenvalue weighted by molar-refractivity contribution is 7.89. The van der Waals surface area contributed by atoms with Gasteiger partial charge in [-0.3, -0.25) is 4.79 Å². The third kappa shape index (κ3) is 4.46. The number of aromatic amines is 2. The van der Waals surface area contributed by atoms with Gasteiger partial charge in [-0.15, -0.1) is 0 Å². The van der Waals surface area contributed by atoms with E-state index in [9.17, 15) is 18.0 Å². The number of imidazole rings is 1. The first-order valence-corrected chi connectivity index (χ1v) is 12.9. The van der Waals surface area contributed by atoms with E-state index in [1.807, 2.05) is 4.90 Å². The number of ether oxygens (including phenoxy) is 1. The van der Waals surface area contributed by atoms with Crippen molar-refractivity contribution in [3.05, 3.63) is 52.4 Å². The number of carbonyl (C=O) groups excluding carboxylic acids is 1. The maximum absolute atomic E-state index is 13.4. The van der Waals surface area contributed by atoms with Crippen molar-refractivity contribution in [2.24, 2.45) is 0 Å². The van der Waals surface area contributed by atoms with E-state index in [1.165, 1.54) is 10.4 Å². The minimum atomic E-state index is -3.70. The summed E-state index contributed by atoms with van der Waals surface area (Å²) in [6, 6.07) is 9.82. The Kier molecular flexibility index (Phi) is 6.15. The molecule has 180 valence electrons. The van der Waals surface area contributed by atoms with Crippen LogP contribution in [0.4, 0.5) is 11.4 Å². The van der Waals surface area contributed by atoms with Gasteiger partial charge < -0.3 is 24.9 Å². The summed E-state index contributed by atoms with van der Waals surface area (Å²) >= 11 is 0. The molecule has 3 N–H and O–H groups in total. The number of aromatic nitrogens is 2. The van der Waals surface area contributed by atoms with Gasteiger partial charge in [-0.1, -0.05) is 6.42 Å². The molecule has 2 aliphatic rings. The number of amides is 1. The van der Waals surface area contributed by atoms with Crippen molar-refractivity contribution in [3.63, 3.8) is 0 Å². The fourth-order valence-electron chi connectivity index (χ4n) is 4.50. The standard InChI is InChI=1S/C23H27N5O5S/c29-22(24-16-4-6-19-20(14-16)26-23(30)25-19)18-15-17(34(31,32)28-8-2-1-3-9-28)5-7-21(18)27-10-12-33-13-11-27/h4-7,14-15H,1-3,8-13H2,(H,24,29)(H2,25,26,30). The van der Waals surface area contributed by atoms with Gasteiger partial charge in [0, 0.05) is 37.6 Å². The third-order valence-corrected chi connectivity index (χ3v) is 8.19. The van der Waals surface area contributed by atoms with Crippen LogP contribution >= 0.6 is 0 Å². The summed E-state index contributed by atoms with van der Waals surface area (Å²) in [5.74, 6) is -0.422. The molecule has 0 unspecified atom stereocenters. The normalized spacial score (nSPS) is 17.7. The second-order valence-corrected chi connectivity index (χ2v) is 10.5. The number of morpholine rings is 1. The molecule has 0 saturated carbocycles. The lowest BCUT2D eigenvalue weighted by molar-refractivity contribution is 0.102. The molecule has 5 rings (SSSR count). The molecule has 2 aliphatic heterocycles. The summed E-state index contributed by atoms with van der Waals surface area (Å²) in [4.78, 5) is 32.4. The molecule has 1 amide bonds. The molecular weight excluding hydrogens is 458 g/mol. The number of fused-ring (bicyclic) bond motifs is 1. The Hall–Kier alpha value is -3.15. The molecule has 2 fully saturated rings. The van der Waals surface area contributed by atoms with Crippen LogP contribution < -0.4 is 15.9 Å². The van der Waals surface area contributed by atoms with Crippen LogP contribution in [-0.4, -0.2) is 68.0 Å². The smallest absolute Gasteiger partial charge is 0.323 e. The summed E-state index contributed by atoms with van der Waals surface area (Å²) in [6.45, 7) is 3.26. The molecule has 1 aromatic heterocycles. The van der Waals surface area contributed by atoms with Crippen LogP contribution in [0, 0.1) is 0 Å². The number of rotatable bonds is 5. The lowest BCUT2D eigenvalue weighted by atomic mass is 10.1. The molecule has 0 bridgehead atoms. The second kappa shape index (κ2) is 9.24. The molecule has 10 nitrogen and oxygen atoms in total. The molecule has 0 radical (unpaired) electrons. The van der Waals surface area contributed by atoms with Crippen molar-refractivity contribution in [2.75, 3.05) is 49.6 Å². The van der Waals surface area contributed by atoms with Crippen molar-refractivity contribution >= 4 is 38.3 Å². The average Bonchev–Trinajstić information content (AvgIpc) is 3.24. The largest absolute Gasteiger partial charge is 0.378 e. The Morgan fingerprint density at radius 3 is 2.41 bits per heavy atom. The van der Waals surface area contributed by atoms with E-state index in [1.54, 1.807) is 30.3 Å². The summed E-state index contributed by atoms with van der Waals surface area (Å²) in [5.41, 5.74) is 2.30. The van der Waals surface area contributed by atoms with E-state index in [-0.39, 0.29) is 16.1 Å². The molecule has 2 saturated heterocycles. The lowest BCUT2D eigenvalue weighted by Gasteiger charge is -2.31. The van der Waals surface area contributed by atoms with Crippen LogP contribution in [0.3, 0.4) is 0 Å². The predicted octanol–water partition coefficient (Wildman–Crippen LogP) is 2.12. The van der Waals surface area contributed by atoms with Crippen LogP contribution in [0.5, 0.6) is 0 Å². The fourth-order valence-corrected chi connectivity index (χ4v) is 6.04. The lowest BCUT2D eigenvalue weighted by Crippen LogP contribution is -2.38. The van der Waals surface area contributed by atoms with Crippen LogP contribution in [-0.2, 0) is 14.8 Å². The number of sulfonamides is 1. The summed E-state index contributed by atoms with van der Waals surface area (Å²) < 4.78 is 33.5. The molecule has 0 spiro atoms. The van der Waals surface area contributed by atoms with Gasteiger partial charge in [0.1, 0.15) is 0 Å². The fraction of sp³-hybridized carbons (Fsp3) is 0.391. The molecule has 3 heterocycles. The monoisotopic (exact) mass is 485 g/mol.